The van der Waals surface area contributed by atoms with Crippen LogP contribution in [0.4, 0.5) is 0 Å². The van der Waals surface area contributed by atoms with Gasteiger partial charge in [-0.3, -0.25) is 4.79 Å². The van der Waals surface area contributed by atoms with Crippen molar-refractivity contribution in [2.45, 2.75) is 46.1 Å². The molecule has 0 aromatic rings. The molecule has 2 nitrogen and oxygen atoms in total. The number of carbonyl (C=O) groups is 1. The third-order valence-corrected chi connectivity index (χ3v) is 2.23. The van der Waals surface area contributed by atoms with E-state index in [1.807, 2.05) is 13.8 Å². The Morgan fingerprint density at radius 3 is 2.42 bits per heavy atom. The molecule has 1 aliphatic carbocycles. The number of hydrogen-bond donors (Lipinski definition) is 0. The summed E-state index contributed by atoms with van der Waals surface area (Å²) >= 11 is 0. The molecule has 1 amide bonds. The minimum absolute atomic E-state index is 0.164. The molecule has 0 unspecified atom stereocenters. The van der Waals surface area contributed by atoms with E-state index in [1.165, 1.54) is 12.8 Å². The molecule has 1 saturated carbocycles. The van der Waals surface area contributed by atoms with Crippen molar-refractivity contribution in [3.63, 3.8) is 0 Å². The number of rotatable bonds is 4. The number of carbonyl (C=O) groups excluding carboxylic acids is 1. The highest BCUT2D eigenvalue weighted by Crippen LogP contribution is 2.28. The van der Waals surface area contributed by atoms with Gasteiger partial charge in [-0.2, -0.15) is 0 Å². The fraction of sp³-hybridized carbons (Fsp3) is 0.900. The number of amides is 1. The van der Waals surface area contributed by atoms with E-state index in [-0.39, 0.29) is 5.92 Å². The third kappa shape index (κ3) is 2.23. The fourth-order valence-corrected chi connectivity index (χ4v) is 1.43. The molecule has 0 radical (unpaired) electrons. The fourth-order valence-electron chi connectivity index (χ4n) is 1.43. The zero-order chi connectivity index (χ0) is 9.14. The lowest BCUT2D eigenvalue weighted by Crippen LogP contribution is -2.36. The molecule has 1 rings (SSSR count). The Hall–Kier alpha value is -0.530. The van der Waals surface area contributed by atoms with Crippen molar-refractivity contribution in [1.82, 2.24) is 4.90 Å². The van der Waals surface area contributed by atoms with Crippen molar-refractivity contribution in [2.75, 3.05) is 6.54 Å². The summed E-state index contributed by atoms with van der Waals surface area (Å²) in [6.45, 7) is 7.03. The summed E-state index contributed by atoms with van der Waals surface area (Å²) in [5.74, 6) is 0.497. The Morgan fingerprint density at radius 2 is 2.08 bits per heavy atom. The van der Waals surface area contributed by atoms with Gasteiger partial charge in [-0.15, -0.1) is 0 Å². The molecule has 12 heavy (non-hydrogen) atoms. The van der Waals surface area contributed by atoms with Crippen molar-refractivity contribution in [2.24, 2.45) is 5.92 Å². The third-order valence-electron chi connectivity index (χ3n) is 2.23. The smallest absolute Gasteiger partial charge is 0.225 e. The molecule has 0 aromatic heterocycles. The molecule has 0 aromatic carbocycles. The lowest BCUT2D eigenvalue weighted by molar-refractivity contribution is -0.135. The summed E-state index contributed by atoms with van der Waals surface area (Å²) in [4.78, 5) is 13.7. The summed E-state index contributed by atoms with van der Waals surface area (Å²) in [5.41, 5.74) is 0. The van der Waals surface area contributed by atoms with E-state index in [0.717, 1.165) is 13.0 Å². The van der Waals surface area contributed by atoms with Gasteiger partial charge in [0.2, 0.25) is 5.91 Å². The van der Waals surface area contributed by atoms with E-state index in [4.69, 9.17) is 0 Å². The van der Waals surface area contributed by atoms with Crippen molar-refractivity contribution in [1.29, 1.82) is 0 Å². The zero-order valence-corrected chi connectivity index (χ0v) is 8.34. The molecule has 0 aliphatic heterocycles. The predicted octanol–water partition coefficient (Wildman–Crippen LogP) is 2.04. The van der Waals surface area contributed by atoms with Crippen molar-refractivity contribution in [3.05, 3.63) is 0 Å². The van der Waals surface area contributed by atoms with E-state index in [1.54, 1.807) is 0 Å². The molecule has 0 saturated heterocycles. The minimum Gasteiger partial charge on any atom is -0.340 e. The van der Waals surface area contributed by atoms with Crippen LogP contribution in [0.1, 0.15) is 40.0 Å². The Bertz CT molecular complexity index is 161. The van der Waals surface area contributed by atoms with Crippen LogP contribution >= 0.6 is 0 Å². The average molecular weight is 169 g/mol. The average Bonchev–Trinajstić information content (AvgIpc) is 2.81. The van der Waals surface area contributed by atoms with Gasteiger partial charge in [0.05, 0.1) is 0 Å². The summed E-state index contributed by atoms with van der Waals surface area (Å²) in [6.07, 6.45) is 3.52. The molecular weight excluding hydrogens is 150 g/mol. The summed E-state index contributed by atoms with van der Waals surface area (Å²) in [5, 5.41) is 0. The van der Waals surface area contributed by atoms with Crippen LogP contribution in [0.15, 0.2) is 0 Å². The van der Waals surface area contributed by atoms with Gasteiger partial charge in [0.15, 0.2) is 0 Å². The summed E-state index contributed by atoms with van der Waals surface area (Å²) < 4.78 is 0. The van der Waals surface area contributed by atoms with Crippen LogP contribution in [0, 0.1) is 5.92 Å². The highest BCUT2D eigenvalue weighted by Gasteiger charge is 2.32. The largest absolute Gasteiger partial charge is 0.340 e. The predicted molar refractivity (Wildman–Crippen MR) is 49.9 cm³/mol. The monoisotopic (exact) mass is 169 g/mol. The van der Waals surface area contributed by atoms with Gasteiger partial charge in [0, 0.05) is 18.5 Å². The molecular formula is C10H19NO. The van der Waals surface area contributed by atoms with E-state index in [0.29, 0.717) is 11.9 Å². The quantitative estimate of drug-likeness (QED) is 0.630. The van der Waals surface area contributed by atoms with Crippen LogP contribution in [0.3, 0.4) is 0 Å². The standard InChI is InChI=1S/C10H19NO/c1-4-7-11(9-5-6-9)10(12)8(2)3/h8-9H,4-7H2,1-3H3. The Balaban J connectivity index is 2.46. The van der Waals surface area contributed by atoms with E-state index in [9.17, 15) is 4.79 Å². The van der Waals surface area contributed by atoms with Crippen LogP contribution in [0.5, 0.6) is 0 Å². The van der Waals surface area contributed by atoms with Gasteiger partial charge in [-0.1, -0.05) is 20.8 Å². The molecule has 0 atom stereocenters. The number of nitrogens with zero attached hydrogens (tertiary/aromatic N) is 1. The first kappa shape index (κ1) is 9.56. The van der Waals surface area contributed by atoms with Gasteiger partial charge in [0.25, 0.3) is 0 Å². The topological polar surface area (TPSA) is 20.3 Å². The second-order valence-electron chi connectivity index (χ2n) is 3.92. The first-order valence-corrected chi connectivity index (χ1v) is 4.97. The van der Waals surface area contributed by atoms with Gasteiger partial charge >= 0.3 is 0 Å². The van der Waals surface area contributed by atoms with Crippen LogP contribution in [-0.4, -0.2) is 23.4 Å². The van der Waals surface area contributed by atoms with Crippen LogP contribution < -0.4 is 0 Å². The number of hydrogen-bond acceptors (Lipinski definition) is 1. The molecule has 0 N–H and O–H groups in total. The SMILES string of the molecule is CCCN(C(=O)C(C)C)C1CC1. The lowest BCUT2D eigenvalue weighted by atomic mass is 10.2. The van der Waals surface area contributed by atoms with E-state index < -0.39 is 0 Å². The summed E-state index contributed by atoms with van der Waals surface area (Å²) in [6, 6.07) is 0.583. The van der Waals surface area contributed by atoms with Crippen LogP contribution in [0.25, 0.3) is 0 Å². The molecule has 0 bridgehead atoms. The van der Waals surface area contributed by atoms with Gasteiger partial charge in [-0.25, -0.2) is 0 Å². The molecule has 0 spiro atoms. The van der Waals surface area contributed by atoms with Crippen molar-refractivity contribution < 1.29 is 4.79 Å². The maximum atomic E-state index is 11.6. The molecule has 70 valence electrons. The van der Waals surface area contributed by atoms with Gasteiger partial charge < -0.3 is 4.90 Å². The summed E-state index contributed by atoms with van der Waals surface area (Å²) in [7, 11) is 0. The van der Waals surface area contributed by atoms with Crippen molar-refractivity contribution >= 4 is 5.91 Å². The molecule has 1 fully saturated rings. The maximum Gasteiger partial charge on any atom is 0.225 e. The minimum atomic E-state index is 0.164. The van der Waals surface area contributed by atoms with E-state index in [2.05, 4.69) is 11.8 Å². The Labute approximate surface area is 74.9 Å². The van der Waals surface area contributed by atoms with Crippen LogP contribution in [0.2, 0.25) is 0 Å². The lowest BCUT2D eigenvalue weighted by Gasteiger charge is -2.23. The second-order valence-corrected chi connectivity index (χ2v) is 3.92. The highest BCUT2D eigenvalue weighted by atomic mass is 16.2. The van der Waals surface area contributed by atoms with Gasteiger partial charge in [0.1, 0.15) is 0 Å². The molecule has 0 heterocycles. The second kappa shape index (κ2) is 3.92. The maximum absolute atomic E-state index is 11.6. The van der Waals surface area contributed by atoms with E-state index >= 15 is 0 Å². The molecule has 2 heteroatoms. The molecule has 1 aliphatic rings. The first-order chi connectivity index (χ1) is 5.66. The van der Waals surface area contributed by atoms with Crippen LogP contribution in [-0.2, 0) is 4.79 Å². The Morgan fingerprint density at radius 1 is 1.50 bits per heavy atom. The normalized spacial score (nSPS) is 16.7. The highest BCUT2D eigenvalue weighted by molar-refractivity contribution is 5.78. The Kier molecular flexibility index (Phi) is 3.12. The van der Waals surface area contributed by atoms with Crippen molar-refractivity contribution in [3.8, 4) is 0 Å². The van der Waals surface area contributed by atoms with Gasteiger partial charge in [-0.05, 0) is 19.3 Å². The first-order valence-electron chi connectivity index (χ1n) is 4.97. The zero-order valence-electron chi connectivity index (χ0n) is 8.34.